The first-order chi connectivity index (χ1) is 19.2. The molecule has 0 saturated carbocycles. The Kier molecular flexibility index (Phi) is 6.07. The number of imidazole rings is 1. The third-order valence-corrected chi connectivity index (χ3v) is 7.95. The molecular formula is C30H25N7OS. The maximum atomic E-state index is 12.4. The van der Waals surface area contributed by atoms with Gasteiger partial charge < -0.3 is 10.3 Å². The molecule has 4 heterocycles. The Labute approximate surface area is 228 Å². The number of carbonyl (C=O) groups is 1. The highest BCUT2D eigenvalue weighted by Crippen LogP contribution is 2.32. The summed E-state index contributed by atoms with van der Waals surface area (Å²) in [5.41, 5.74) is 10.4. The van der Waals surface area contributed by atoms with Gasteiger partial charge in [0.05, 0.1) is 45.2 Å². The number of H-pyrrole nitrogens is 1. The molecule has 2 N–H and O–H groups in total. The van der Waals surface area contributed by atoms with E-state index in [-0.39, 0.29) is 11.9 Å². The van der Waals surface area contributed by atoms with E-state index in [4.69, 9.17) is 4.98 Å². The molecule has 3 aromatic heterocycles. The SMILES string of the molecule is O=C(NC1CCN(Cc2ccc(-c3[nH]c4cc5ncnc5cc4nc3-c3ccccc3)cc2)C1)c1cncs1. The van der Waals surface area contributed by atoms with Crippen molar-refractivity contribution in [3.8, 4) is 22.5 Å². The van der Waals surface area contributed by atoms with Crippen molar-refractivity contribution in [3.63, 3.8) is 0 Å². The molecule has 1 aliphatic heterocycles. The van der Waals surface area contributed by atoms with Crippen molar-refractivity contribution in [2.45, 2.75) is 19.0 Å². The molecule has 1 unspecified atom stereocenters. The molecule has 39 heavy (non-hydrogen) atoms. The van der Waals surface area contributed by atoms with Crippen LogP contribution in [-0.4, -0.2) is 54.9 Å². The van der Waals surface area contributed by atoms with Crippen LogP contribution in [0.4, 0.5) is 0 Å². The Hall–Kier alpha value is -4.47. The number of likely N-dealkylation sites (tertiary alicyclic amines) is 1. The lowest BCUT2D eigenvalue weighted by Crippen LogP contribution is -2.36. The Morgan fingerprint density at radius 2 is 1.82 bits per heavy atom. The minimum Gasteiger partial charge on any atom is -0.351 e. The first kappa shape index (κ1) is 23.6. The first-order valence-electron chi connectivity index (χ1n) is 12.9. The number of nitrogens with one attached hydrogen (secondary N) is 2. The zero-order valence-electron chi connectivity index (χ0n) is 21.0. The lowest BCUT2D eigenvalue weighted by atomic mass is 10.0. The van der Waals surface area contributed by atoms with Gasteiger partial charge in [-0.3, -0.25) is 14.7 Å². The van der Waals surface area contributed by atoms with Gasteiger partial charge in [-0.1, -0.05) is 54.6 Å². The van der Waals surface area contributed by atoms with E-state index in [0.29, 0.717) is 4.88 Å². The normalized spacial score (nSPS) is 15.7. The number of benzene rings is 3. The Balaban J connectivity index is 1.13. The van der Waals surface area contributed by atoms with E-state index < -0.39 is 0 Å². The van der Waals surface area contributed by atoms with Gasteiger partial charge in [-0.05, 0) is 24.1 Å². The van der Waals surface area contributed by atoms with Gasteiger partial charge in [0.2, 0.25) is 0 Å². The molecule has 1 atom stereocenters. The van der Waals surface area contributed by atoms with Gasteiger partial charge >= 0.3 is 0 Å². The van der Waals surface area contributed by atoms with Crippen LogP contribution < -0.4 is 5.32 Å². The van der Waals surface area contributed by atoms with Crippen LogP contribution in [0.1, 0.15) is 21.7 Å². The molecule has 9 heteroatoms. The number of thiazole rings is 1. The van der Waals surface area contributed by atoms with Gasteiger partial charge in [0.1, 0.15) is 11.2 Å². The Morgan fingerprint density at radius 3 is 2.62 bits per heavy atom. The lowest BCUT2D eigenvalue weighted by Gasteiger charge is -2.17. The number of aromatic nitrogens is 5. The van der Waals surface area contributed by atoms with E-state index in [1.165, 1.54) is 16.9 Å². The molecule has 0 bridgehead atoms. The largest absolute Gasteiger partial charge is 0.351 e. The third kappa shape index (κ3) is 4.78. The summed E-state index contributed by atoms with van der Waals surface area (Å²) in [7, 11) is 0. The second kappa shape index (κ2) is 10.0. The van der Waals surface area contributed by atoms with Crippen molar-refractivity contribution in [3.05, 3.63) is 95.2 Å². The molecule has 1 fully saturated rings. The predicted octanol–water partition coefficient (Wildman–Crippen LogP) is 5.30. The van der Waals surface area contributed by atoms with Crippen LogP contribution >= 0.6 is 11.3 Å². The van der Waals surface area contributed by atoms with Crippen molar-refractivity contribution >= 4 is 39.3 Å². The fourth-order valence-corrected chi connectivity index (χ4v) is 5.74. The van der Waals surface area contributed by atoms with Crippen molar-refractivity contribution in [1.82, 2.24) is 35.1 Å². The van der Waals surface area contributed by atoms with Crippen molar-refractivity contribution in [1.29, 1.82) is 0 Å². The van der Waals surface area contributed by atoms with Crippen LogP contribution in [0.25, 0.3) is 44.6 Å². The number of hydrogen-bond donors (Lipinski definition) is 2. The molecule has 0 aliphatic carbocycles. The molecule has 0 radical (unpaired) electrons. The van der Waals surface area contributed by atoms with Crippen LogP contribution in [0.2, 0.25) is 0 Å². The quantitative estimate of drug-likeness (QED) is 0.303. The van der Waals surface area contributed by atoms with Crippen molar-refractivity contribution < 1.29 is 4.79 Å². The number of hydrogen-bond acceptors (Lipinski definition) is 7. The highest BCUT2D eigenvalue weighted by atomic mass is 32.1. The minimum atomic E-state index is -0.0330. The van der Waals surface area contributed by atoms with Gasteiger partial charge in [-0.2, -0.15) is 0 Å². The Bertz CT molecular complexity index is 1760. The minimum absolute atomic E-state index is 0.0330. The number of fused-ring (bicyclic) bond motifs is 2. The third-order valence-electron chi connectivity index (χ3n) is 7.17. The monoisotopic (exact) mass is 531 g/mol. The zero-order valence-corrected chi connectivity index (χ0v) is 21.9. The standard InChI is InChI=1S/C30H25N7OS/c38-30(27-14-31-18-39-27)34-22-10-11-37(16-22)15-19-6-8-21(9-7-19)29-28(20-4-2-1-3-5-20)35-25-12-23-24(33-17-32-23)13-26(25)36-29/h1-9,12-14,17-18,22,36H,10-11,15-16H2,(H,34,38). The summed E-state index contributed by atoms with van der Waals surface area (Å²) in [5.74, 6) is -0.0330. The van der Waals surface area contributed by atoms with E-state index in [1.54, 1.807) is 18.0 Å². The topological polar surface area (TPSA) is 99.7 Å². The summed E-state index contributed by atoms with van der Waals surface area (Å²) in [6, 6.07) is 23.0. The second-order valence-corrected chi connectivity index (χ2v) is 10.7. The van der Waals surface area contributed by atoms with E-state index in [9.17, 15) is 4.79 Å². The summed E-state index contributed by atoms with van der Waals surface area (Å²) in [6.45, 7) is 2.63. The molecule has 6 aromatic rings. The maximum Gasteiger partial charge on any atom is 0.263 e. The average Bonchev–Trinajstić information content (AvgIpc) is 3.75. The first-order valence-corrected chi connectivity index (χ1v) is 13.8. The summed E-state index contributed by atoms with van der Waals surface area (Å²) in [5, 5.41) is 3.14. The zero-order chi connectivity index (χ0) is 26.2. The van der Waals surface area contributed by atoms with Crippen LogP contribution in [0, 0.1) is 0 Å². The molecule has 3 aromatic carbocycles. The smallest absolute Gasteiger partial charge is 0.263 e. The molecule has 1 saturated heterocycles. The number of rotatable bonds is 6. The fraction of sp³-hybridized carbons (Fsp3) is 0.167. The highest BCUT2D eigenvalue weighted by molar-refractivity contribution is 7.11. The van der Waals surface area contributed by atoms with Crippen LogP contribution in [0.5, 0.6) is 0 Å². The van der Waals surface area contributed by atoms with E-state index in [0.717, 1.165) is 70.6 Å². The highest BCUT2D eigenvalue weighted by Gasteiger charge is 2.24. The molecule has 7 rings (SSSR count). The van der Waals surface area contributed by atoms with Gasteiger partial charge in [0, 0.05) is 36.8 Å². The predicted molar refractivity (Wildman–Crippen MR) is 153 cm³/mol. The van der Waals surface area contributed by atoms with Crippen LogP contribution in [0.3, 0.4) is 0 Å². The summed E-state index contributed by atoms with van der Waals surface area (Å²) < 4.78 is 0. The summed E-state index contributed by atoms with van der Waals surface area (Å²) >= 11 is 1.37. The van der Waals surface area contributed by atoms with Gasteiger partial charge in [0.25, 0.3) is 5.91 Å². The Morgan fingerprint density at radius 1 is 1.00 bits per heavy atom. The van der Waals surface area contributed by atoms with Gasteiger partial charge in [-0.25, -0.2) is 15.0 Å². The summed E-state index contributed by atoms with van der Waals surface area (Å²) in [6.07, 6.45) is 4.15. The summed E-state index contributed by atoms with van der Waals surface area (Å²) in [4.78, 5) is 36.8. The van der Waals surface area contributed by atoms with E-state index in [1.807, 2.05) is 30.3 Å². The maximum absolute atomic E-state index is 12.4. The van der Waals surface area contributed by atoms with Gasteiger partial charge in [-0.15, -0.1) is 11.3 Å². The van der Waals surface area contributed by atoms with Crippen LogP contribution in [-0.2, 0) is 6.54 Å². The second-order valence-electron chi connectivity index (χ2n) is 9.81. The molecular weight excluding hydrogens is 506 g/mol. The van der Waals surface area contributed by atoms with Crippen molar-refractivity contribution in [2.75, 3.05) is 13.1 Å². The van der Waals surface area contributed by atoms with E-state index in [2.05, 4.69) is 66.6 Å². The molecule has 1 aliphatic rings. The molecule has 0 spiro atoms. The number of amides is 1. The van der Waals surface area contributed by atoms with Crippen LogP contribution in [0.15, 0.2) is 84.8 Å². The number of nitrogens with zero attached hydrogens (tertiary/aromatic N) is 5. The molecule has 8 nitrogen and oxygen atoms in total. The molecule has 192 valence electrons. The average molecular weight is 532 g/mol. The molecule has 1 amide bonds. The number of aromatic amines is 1. The van der Waals surface area contributed by atoms with Gasteiger partial charge in [0.15, 0.2) is 0 Å². The lowest BCUT2D eigenvalue weighted by molar-refractivity contribution is 0.0941. The van der Waals surface area contributed by atoms with Crippen molar-refractivity contribution in [2.24, 2.45) is 0 Å². The fourth-order valence-electron chi connectivity index (χ4n) is 5.22. The van der Waals surface area contributed by atoms with E-state index >= 15 is 0 Å². The number of carbonyl (C=O) groups excluding carboxylic acids is 1.